The van der Waals surface area contributed by atoms with Crippen molar-refractivity contribution in [3.05, 3.63) is 137 Å². The lowest BCUT2D eigenvalue weighted by Crippen LogP contribution is -2.30. The van der Waals surface area contributed by atoms with E-state index in [0.717, 1.165) is 32.6 Å². The number of furan rings is 1. The lowest BCUT2D eigenvalue weighted by atomic mass is 10.0. The summed E-state index contributed by atoms with van der Waals surface area (Å²) in [6.45, 7) is 0.603. The van der Waals surface area contributed by atoms with Crippen LogP contribution in [0.1, 0.15) is 29.2 Å². The van der Waals surface area contributed by atoms with Gasteiger partial charge < -0.3 is 19.2 Å². The molecule has 6 rings (SSSR count). The van der Waals surface area contributed by atoms with E-state index in [1.54, 1.807) is 36.4 Å². The van der Waals surface area contributed by atoms with Crippen molar-refractivity contribution in [2.45, 2.75) is 28.4 Å². The van der Waals surface area contributed by atoms with Crippen molar-refractivity contribution >= 4 is 40.5 Å². The Bertz CT molecular complexity index is 1590. The number of hydrogen-bond acceptors (Lipinski definition) is 6. The van der Waals surface area contributed by atoms with Crippen molar-refractivity contribution in [2.24, 2.45) is 0 Å². The highest BCUT2D eigenvalue weighted by atomic mass is 32.2. The van der Waals surface area contributed by atoms with Crippen LogP contribution in [-0.2, 0) is 6.54 Å². The third-order valence-electron chi connectivity index (χ3n) is 6.57. The SMILES string of the molecule is O=[N+]([O-])c1ccc(Sc2ccc(N3C(=S)N[C@H](c4ccccn4)[C@H]3c3cccn3Cc3ccco3)cc2)cc1. The van der Waals surface area contributed by atoms with Crippen LogP contribution >= 0.6 is 24.0 Å². The number of benzene rings is 2. The van der Waals surface area contributed by atoms with Crippen molar-refractivity contribution in [1.82, 2.24) is 14.9 Å². The first kappa shape index (κ1) is 24.9. The normalized spacial score (nSPS) is 16.8. The molecule has 39 heavy (non-hydrogen) atoms. The average molecular weight is 554 g/mol. The molecule has 4 heterocycles. The fourth-order valence-electron chi connectivity index (χ4n) is 4.79. The van der Waals surface area contributed by atoms with Crippen LogP contribution in [0.4, 0.5) is 11.4 Å². The van der Waals surface area contributed by atoms with E-state index in [0.29, 0.717) is 11.7 Å². The van der Waals surface area contributed by atoms with Gasteiger partial charge >= 0.3 is 0 Å². The first-order valence-corrected chi connectivity index (χ1v) is 13.5. The van der Waals surface area contributed by atoms with Gasteiger partial charge in [-0.05, 0) is 85.0 Å². The molecule has 0 saturated carbocycles. The van der Waals surface area contributed by atoms with Crippen molar-refractivity contribution in [2.75, 3.05) is 4.90 Å². The third kappa shape index (κ3) is 5.16. The number of hydrogen-bond donors (Lipinski definition) is 1. The molecule has 0 unspecified atom stereocenters. The minimum atomic E-state index is -0.393. The summed E-state index contributed by atoms with van der Waals surface area (Å²) in [6.07, 6.45) is 5.53. The molecule has 0 aliphatic carbocycles. The van der Waals surface area contributed by atoms with Gasteiger partial charge in [0.2, 0.25) is 0 Å². The van der Waals surface area contributed by atoms with Gasteiger partial charge in [0.15, 0.2) is 5.11 Å². The van der Waals surface area contributed by atoms with Gasteiger partial charge in [0.25, 0.3) is 5.69 Å². The zero-order chi connectivity index (χ0) is 26.8. The number of nitrogens with one attached hydrogen (secondary N) is 1. The molecular formula is C29H23N5O3S2. The molecule has 0 bridgehead atoms. The number of nitrogens with zero attached hydrogens (tertiary/aromatic N) is 4. The molecule has 0 radical (unpaired) electrons. The molecule has 1 aliphatic rings. The van der Waals surface area contributed by atoms with Crippen LogP contribution in [0.3, 0.4) is 0 Å². The highest BCUT2D eigenvalue weighted by molar-refractivity contribution is 7.99. The summed E-state index contributed by atoms with van der Waals surface area (Å²) in [6, 6.07) is 28.4. The predicted molar refractivity (Wildman–Crippen MR) is 154 cm³/mol. The Morgan fingerprint density at radius 3 is 2.41 bits per heavy atom. The third-order valence-corrected chi connectivity index (χ3v) is 7.90. The molecule has 194 valence electrons. The molecular weight excluding hydrogens is 530 g/mol. The van der Waals surface area contributed by atoms with Crippen LogP contribution in [0.2, 0.25) is 0 Å². The minimum Gasteiger partial charge on any atom is -0.467 e. The van der Waals surface area contributed by atoms with Gasteiger partial charge in [-0.2, -0.15) is 0 Å². The average Bonchev–Trinajstić information content (AvgIpc) is 3.71. The second kappa shape index (κ2) is 10.8. The first-order valence-electron chi connectivity index (χ1n) is 12.3. The Kier molecular flexibility index (Phi) is 6.87. The number of nitro benzene ring substituents is 1. The molecule has 8 nitrogen and oxygen atoms in total. The summed E-state index contributed by atoms with van der Waals surface area (Å²) >= 11 is 7.43. The van der Waals surface area contributed by atoms with Gasteiger partial charge in [0.1, 0.15) is 11.8 Å². The van der Waals surface area contributed by atoms with Gasteiger partial charge in [-0.1, -0.05) is 17.8 Å². The molecule has 1 fully saturated rings. The smallest absolute Gasteiger partial charge is 0.269 e. The largest absolute Gasteiger partial charge is 0.467 e. The molecule has 1 aliphatic heterocycles. The predicted octanol–water partition coefficient (Wildman–Crippen LogP) is 6.76. The number of rotatable bonds is 8. The fourth-order valence-corrected chi connectivity index (χ4v) is 5.95. The number of non-ortho nitro benzene ring substituents is 1. The van der Waals surface area contributed by atoms with Crippen molar-refractivity contribution in [1.29, 1.82) is 0 Å². The van der Waals surface area contributed by atoms with Crippen LogP contribution in [-0.4, -0.2) is 19.6 Å². The lowest BCUT2D eigenvalue weighted by molar-refractivity contribution is -0.384. The fraction of sp³-hybridized carbons (Fsp3) is 0.103. The monoisotopic (exact) mass is 553 g/mol. The Hall–Kier alpha value is -4.41. The standard InChI is InChI=1S/C29H23N5O3S2/c35-34(36)21-10-14-24(15-11-21)39-23-12-8-20(9-13-23)33-28(27(31-29(33)38)25-6-1-2-16-30-25)26-7-3-17-32(26)19-22-5-4-18-37-22/h1-18,27-28H,19H2,(H,31,38)/t27-,28-/m1/s1. The van der Waals surface area contributed by atoms with Crippen molar-refractivity contribution < 1.29 is 9.34 Å². The highest BCUT2D eigenvalue weighted by Gasteiger charge is 2.42. The van der Waals surface area contributed by atoms with E-state index in [9.17, 15) is 10.1 Å². The zero-order valence-electron chi connectivity index (χ0n) is 20.6. The van der Waals surface area contributed by atoms with E-state index in [-0.39, 0.29) is 17.8 Å². The maximum atomic E-state index is 11.0. The van der Waals surface area contributed by atoms with E-state index in [4.69, 9.17) is 16.6 Å². The van der Waals surface area contributed by atoms with Gasteiger partial charge in [0, 0.05) is 45.7 Å². The number of aromatic nitrogens is 2. The number of pyridine rings is 1. The molecule has 0 spiro atoms. The summed E-state index contributed by atoms with van der Waals surface area (Å²) in [5.74, 6) is 0.870. The molecule has 0 amide bonds. The molecule has 5 aromatic rings. The Labute approximate surface area is 234 Å². The van der Waals surface area contributed by atoms with Crippen LogP contribution < -0.4 is 10.2 Å². The number of thiocarbonyl (C=S) groups is 1. The Morgan fingerprint density at radius 1 is 0.974 bits per heavy atom. The van der Waals surface area contributed by atoms with Crippen LogP contribution in [0.25, 0.3) is 0 Å². The van der Waals surface area contributed by atoms with Gasteiger partial charge in [0.05, 0.1) is 29.5 Å². The Balaban J connectivity index is 1.32. The van der Waals surface area contributed by atoms with Gasteiger partial charge in [-0.25, -0.2) is 0 Å². The van der Waals surface area contributed by atoms with E-state index < -0.39 is 4.92 Å². The van der Waals surface area contributed by atoms with Gasteiger partial charge in [-0.15, -0.1) is 0 Å². The topological polar surface area (TPSA) is 89.4 Å². The van der Waals surface area contributed by atoms with E-state index >= 15 is 0 Å². The molecule has 2 aromatic carbocycles. The van der Waals surface area contributed by atoms with Crippen LogP contribution in [0.15, 0.2) is 124 Å². The maximum absolute atomic E-state index is 11.0. The molecule has 1 N–H and O–H groups in total. The molecule has 2 atom stereocenters. The van der Waals surface area contributed by atoms with Crippen LogP contribution in [0, 0.1) is 10.1 Å². The van der Waals surface area contributed by atoms with E-state index in [1.807, 2.05) is 48.5 Å². The highest BCUT2D eigenvalue weighted by Crippen LogP contribution is 2.42. The lowest BCUT2D eigenvalue weighted by Gasteiger charge is -2.29. The quantitative estimate of drug-likeness (QED) is 0.128. The zero-order valence-corrected chi connectivity index (χ0v) is 22.2. The second-order valence-electron chi connectivity index (χ2n) is 8.98. The molecule has 1 saturated heterocycles. The second-order valence-corrected chi connectivity index (χ2v) is 10.5. The summed E-state index contributed by atoms with van der Waals surface area (Å²) in [5.41, 5.74) is 3.02. The summed E-state index contributed by atoms with van der Waals surface area (Å²) in [5, 5.41) is 15.1. The summed E-state index contributed by atoms with van der Waals surface area (Å²) in [4.78, 5) is 19.3. The van der Waals surface area contributed by atoms with Crippen molar-refractivity contribution in [3.63, 3.8) is 0 Å². The number of anilines is 1. The van der Waals surface area contributed by atoms with E-state index in [1.165, 1.54) is 12.1 Å². The maximum Gasteiger partial charge on any atom is 0.269 e. The van der Waals surface area contributed by atoms with E-state index in [2.05, 4.69) is 44.2 Å². The molecule has 10 heteroatoms. The van der Waals surface area contributed by atoms with Crippen LogP contribution in [0.5, 0.6) is 0 Å². The molecule has 3 aromatic heterocycles. The Morgan fingerprint density at radius 2 is 1.74 bits per heavy atom. The van der Waals surface area contributed by atoms with Gasteiger partial charge in [-0.3, -0.25) is 15.1 Å². The van der Waals surface area contributed by atoms with Crippen molar-refractivity contribution in [3.8, 4) is 0 Å². The first-order chi connectivity index (χ1) is 19.1. The summed E-state index contributed by atoms with van der Waals surface area (Å²) < 4.78 is 7.81. The number of nitro groups is 1. The summed E-state index contributed by atoms with van der Waals surface area (Å²) in [7, 11) is 0. The minimum absolute atomic E-state index is 0.0787.